The smallest absolute Gasteiger partial charge is 0.293 e. The van der Waals surface area contributed by atoms with Crippen LogP contribution in [0.5, 0.6) is 0 Å². The van der Waals surface area contributed by atoms with Crippen molar-refractivity contribution in [3.05, 3.63) is 29.1 Å². The lowest BCUT2D eigenvalue weighted by atomic mass is 10.1. The molecule has 1 amide bonds. The summed E-state index contributed by atoms with van der Waals surface area (Å²) in [4.78, 5) is 14.2. The molecule has 0 bridgehead atoms. The summed E-state index contributed by atoms with van der Waals surface area (Å²) in [6.45, 7) is 1.75. The minimum atomic E-state index is -0.688. The van der Waals surface area contributed by atoms with E-state index in [0.717, 1.165) is 5.56 Å². The summed E-state index contributed by atoms with van der Waals surface area (Å²) in [5.41, 5.74) is 6.50. The molecule has 4 nitrogen and oxygen atoms in total. The van der Waals surface area contributed by atoms with Crippen molar-refractivity contribution in [1.29, 1.82) is 5.26 Å². The van der Waals surface area contributed by atoms with Gasteiger partial charge in [0.25, 0.3) is 5.91 Å². The molecule has 0 spiro atoms. The number of hydrogen-bond donors (Lipinski definition) is 1. The van der Waals surface area contributed by atoms with Gasteiger partial charge in [-0.2, -0.15) is 5.26 Å². The van der Waals surface area contributed by atoms with E-state index in [0.29, 0.717) is 11.3 Å². The Morgan fingerprint density at radius 2 is 2.36 bits per heavy atom. The highest BCUT2D eigenvalue weighted by Crippen LogP contribution is 2.04. The highest BCUT2D eigenvalue weighted by Gasteiger charge is 1.98. The number of pyridine rings is 1. The van der Waals surface area contributed by atoms with E-state index in [1.165, 1.54) is 6.20 Å². The number of primary amides is 1. The molecule has 1 aromatic heterocycles. The number of nitrogens with zero attached hydrogens (tertiary/aromatic N) is 2. The molecule has 14 heavy (non-hydrogen) atoms. The zero-order chi connectivity index (χ0) is 10.6. The van der Waals surface area contributed by atoms with Crippen LogP contribution in [0.25, 0.3) is 0 Å². The molecular formula is C10H7N3O. The number of hydrogen-bond acceptors (Lipinski definition) is 3. The molecule has 0 unspecified atom stereocenters. The number of carbonyl (C=O) groups is 1. The second-order valence-corrected chi connectivity index (χ2v) is 2.62. The van der Waals surface area contributed by atoms with Crippen LogP contribution >= 0.6 is 0 Å². The zero-order valence-corrected chi connectivity index (χ0v) is 7.53. The molecule has 0 fully saturated rings. The fourth-order valence-electron chi connectivity index (χ4n) is 0.894. The third-order valence-corrected chi connectivity index (χ3v) is 1.51. The number of amides is 1. The van der Waals surface area contributed by atoms with Crippen molar-refractivity contribution in [2.45, 2.75) is 6.92 Å². The first kappa shape index (κ1) is 9.76. The molecule has 0 aliphatic rings. The second kappa shape index (κ2) is 4.06. The molecule has 1 rings (SSSR count). The van der Waals surface area contributed by atoms with Crippen molar-refractivity contribution in [3.8, 4) is 17.9 Å². The summed E-state index contributed by atoms with van der Waals surface area (Å²) >= 11 is 0. The fraction of sp³-hybridized carbons (Fsp3) is 0.100. The molecule has 68 valence electrons. The van der Waals surface area contributed by atoms with E-state index in [1.54, 1.807) is 13.0 Å². The Labute approximate surface area is 81.4 Å². The Hall–Kier alpha value is -2.33. The maximum absolute atomic E-state index is 10.4. The van der Waals surface area contributed by atoms with Crippen LogP contribution in [0.1, 0.15) is 16.8 Å². The van der Waals surface area contributed by atoms with Crippen LogP contribution in [0, 0.1) is 30.1 Å². The van der Waals surface area contributed by atoms with Crippen molar-refractivity contribution in [1.82, 2.24) is 4.98 Å². The number of nitriles is 1. The van der Waals surface area contributed by atoms with E-state index >= 15 is 0 Å². The Kier molecular flexibility index (Phi) is 2.83. The fourth-order valence-corrected chi connectivity index (χ4v) is 0.894. The van der Waals surface area contributed by atoms with Gasteiger partial charge in [0.2, 0.25) is 0 Å². The lowest BCUT2D eigenvalue weighted by Gasteiger charge is -1.95. The van der Waals surface area contributed by atoms with Gasteiger partial charge in [0.1, 0.15) is 11.8 Å². The van der Waals surface area contributed by atoms with Gasteiger partial charge in [0.05, 0.1) is 0 Å². The van der Waals surface area contributed by atoms with E-state index in [9.17, 15) is 4.79 Å². The lowest BCUT2D eigenvalue weighted by Crippen LogP contribution is -2.06. The summed E-state index contributed by atoms with van der Waals surface area (Å²) < 4.78 is 0. The molecule has 0 aromatic carbocycles. The van der Waals surface area contributed by atoms with Crippen LogP contribution in [0.4, 0.5) is 0 Å². The number of rotatable bonds is 0. The second-order valence-electron chi connectivity index (χ2n) is 2.62. The van der Waals surface area contributed by atoms with Crippen LogP contribution in [-0.4, -0.2) is 10.9 Å². The average Bonchev–Trinajstić information content (AvgIpc) is 2.15. The molecule has 0 atom stereocenters. The van der Waals surface area contributed by atoms with Crippen LogP contribution < -0.4 is 5.73 Å². The van der Waals surface area contributed by atoms with Gasteiger partial charge in [-0.15, -0.1) is 0 Å². The van der Waals surface area contributed by atoms with Gasteiger partial charge in [-0.05, 0) is 18.6 Å². The summed E-state index contributed by atoms with van der Waals surface area (Å²) in [7, 11) is 0. The molecule has 1 heterocycles. The largest absolute Gasteiger partial charge is 0.359 e. The van der Waals surface area contributed by atoms with Crippen molar-refractivity contribution in [2.24, 2.45) is 5.73 Å². The maximum Gasteiger partial charge on any atom is 0.293 e. The van der Waals surface area contributed by atoms with Crippen LogP contribution in [0.2, 0.25) is 0 Å². The Morgan fingerprint density at radius 3 is 2.86 bits per heavy atom. The van der Waals surface area contributed by atoms with E-state index < -0.39 is 5.91 Å². The van der Waals surface area contributed by atoms with E-state index in [4.69, 9.17) is 11.0 Å². The molecule has 0 radical (unpaired) electrons. The topological polar surface area (TPSA) is 79.8 Å². The number of nitrogens with two attached hydrogens (primary N) is 1. The highest BCUT2D eigenvalue weighted by atomic mass is 16.1. The van der Waals surface area contributed by atoms with E-state index in [1.807, 2.05) is 6.07 Å². The third kappa shape index (κ3) is 2.33. The highest BCUT2D eigenvalue weighted by molar-refractivity contribution is 5.92. The van der Waals surface area contributed by atoms with Crippen LogP contribution in [-0.2, 0) is 4.79 Å². The summed E-state index contributed by atoms with van der Waals surface area (Å²) in [6.07, 6.45) is 1.43. The van der Waals surface area contributed by atoms with Crippen LogP contribution in [0.3, 0.4) is 0 Å². The monoisotopic (exact) mass is 185 g/mol. The number of carbonyl (C=O) groups excluding carboxylic acids is 1. The SMILES string of the molecule is Cc1cc(C#CC(N)=O)cnc1C#N. The minimum absolute atomic E-state index is 0.356. The quantitative estimate of drug-likeness (QED) is 0.582. The molecule has 0 saturated heterocycles. The van der Waals surface area contributed by atoms with E-state index in [-0.39, 0.29) is 0 Å². The number of aryl methyl sites for hydroxylation is 1. The van der Waals surface area contributed by atoms with Crippen molar-refractivity contribution < 1.29 is 4.79 Å². The molecule has 2 N–H and O–H groups in total. The lowest BCUT2D eigenvalue weighted by molar-refractivity contribution is -0.112. The van der Waals surface area contributed by atoms with Gasteiger partial charge in [0.15, 0.2) is 0 Å². The van der Waals surface area contributed by atoms with Crippen LogP contribution in [0.15, 0.2) is 12.3 Å². The summed E-state index contributed by atoms with van der Waals surface area (Å²) in [5.74, 6) is 4.04. The predicted molar refractivity (Wildman–Crippen MR) is 49.8 cm³/mol. The molecule has 0 aliphatic heterocycles. The summed E-state index contributed by atoms with van der Waals surface area (Å²) in [6, 6.07) is 3.62. The van der Waals surface area contributed by atoms with E-state index in [2.05, 4.69) is 16.8 Å². The molecule has 1 aromatic rings. The van der Waals surface area contributed by atoms with Gasteiger partial charge < -0.3 is 5.73 Å². The Morgan fingerprint density at radius 1 is 1.64 bits per heavy atom. The average molecular weight is 185 g/mol. The standard InChI is InChI=1S/C10H7N3O/c1-7-4-8(2-3-10(12)14)6-13-9(7)5-11/h4,6H,1H3,(H2,12,14). The van der Waals surface area contributed by atoms with Crippen molar-refractivity contribution >= 4 is 5.91 Å². The summed E-state index contributed by atoms with van der Waals surface area (Å²) in [5, 5.41) is 8.60. The first-order chi connectivity index (χ1) is 6.63. The van der Waals surface area contributed by atoms with Crippen molar-refractivity contribution in [3.63, 3.8) is 0 Å². The molecular weight excluding hydrogens is 178 g/mol. The molecule has 4 heteroatoms. The zero-order valence-electron chi connectivity index (χ0n) is 7.53. The minimum Gasteiger partial charge on any atom is -0.359 e. The molecule has 0 aliphatic carbocycles. The third-order valence-electron chi connectivity index (χ3n) is 1.51. The maximum atomic E-state index is 10.4. The van der Waals surface area contributed by atoms with Gasteiger partial charge in [-0.25, -0.2) is 4.98 Å². The Balaban J connectivity index is 3.07. The first-order valence-corrected chi connectivity index (χ1v) is 3.81. The number of aromatic nitrogens is 1. The normalized spacial score (nSPS) is 8.29. The predicted octanol–water partition coefficient (Wildman–Crippen LogP) is 0.0985. The van der Waals surface area contributed by atoms with Crippen molar-refractivity contribution in [2.75, 3.05) is 0 Å². The van der Waals surface area contributed by atoms with Gasteiger partial charge in [-0.3, -0.25) is 4.79 Å². The van der Waals surface area contributed by atoms with Gasteiger partial charge in [0, 0.05) is 17.7 Å². The molecule has 0 saturated carbocycles. The van der Waals surface area contributed by atoms with Gasteiger partial charge in [-0.1, -0.05) is 5.92 Å². The Bertz CT molecular complexity index is 474. The first-order valence-electron chi connectivity index (χ1n) is 3.81. The van der Waals surface area contributed by atoms with Gasteiger partial charge >= 0.3 is 0 Å².